The molecule has 1 aliphatic heterocycles. The second-order valence-electron chi connectivity index (χ2n) is 11.4. The summed E-state index contributed by atoms with van der Waals surface area (Å²) >= 11 is 12.6. The second kappa shape index (κ2) is 11.4. The first-order chi connectivity index (χ1) is 18.4. The number of amides is 1. The lowest BCUT2D eigenvalue weighted by Gasteiger charge is -2.46. The lowest BCUT2D eigenvalue weighted by Crippen LogP contribution is -2.57. The van der Waals surface area contributed by atoms with E-state index in [0.717, 1.165) is 18.4 Å². The number of halogens is 2. The van der Waals surface area contributed by atoms with Crippen LogP contribution in [0.3, 0.4) is 0 Å². The summed E-state index contributed by atoms with van der Waals surface area (Å²) in [4.78, 5) is 25.2. The maximum atomic E-state index is 14.7. The summed E-state index contributed by atoms with van der Waals surface area (Å²) in [6, 6.07) is 13.9. The molecule has 2 fully saturated rings. The molecule has 0 radical (unpaired) electrons. The average molecular weight is 595 g/mol. The molecule has 0 spiro atoms. The van der Waals surface area contributed by atoms with Gasteiger partial charge in [-0.3, -0.25) is 9.59 Å². The van der Waals surface area contributed by atoms with Crippen LogP contribution in [0.1, 0.15) is 82.8 Å². The first kappa shape index (κ1) is 29.9. The number of carboxylic acid groups (broad SMARTS) is 1. The van der Waals surface area contributed by atoms with E-state index in [1.54, 1.807) is 25.1 Å². The molecule has 4 rings (SSSR count). The maximum absolute atomic E-state index is 14.7. The summed E-state index contributed by atoms with van der Waals surface area (Å²) in [5.74, 6) is -1.84. The van der Waals surface area contributed by atoms with Gasteiger partial charge in [0.2, 0.25) is 5.91 Å². The molecule has 1 aliphatic carbocycles. The van der Waals surface area contributed by atoms with Gasteiger partial charge in [0.05, 0.1) is 17.1 Å². The van der Waals surface area contributed by atoms with E-state index in [1.807, 2.05) is 44.2 Å². The molecule has 1 amide bonds. The topological polar surface area (TPSA) is 101 Å². The van der Waals surface area contributed by atoms with E-state index in [4.69, 9.17) is 23.2 Å². The molecule has 212 valence electrons. The molecule has 0 unspecified atom stereocenters. The number of rotatable bonds is 11. The van der Waals surface area contributed by atoms with Gasteiger partial charge in [-0.1, -0.05) is 68.2 Å². The van der Waals surface area contributed by atoms with Gasteiger partial charge in [-0.2, -0.15) is 0 Å². The predicted octanol–water partition coefficient (Wildman–Crippen LogP) is 6.75. The zero-order chi connectivity index (χ0) is 28.6. The Kier molecular flexibility index (Phi) is 8.75. The number of aliphatic carboxylic acids is 1. The maximum Gasteiger partial charge on any atom is 0.304 e. The zero-order valence-electron chi connectivity index (χ0n) is 22.6. The molecule has 1 saturated carbocycles. The van der Waals surface area contributed by atoms with Crippen molar-refractivity contribution in [2.75, 3.05) is 0 Å². The highest BCUT2D eigenvalue weighted by Crippen LogP contribution is 2.57. The van der Waals surface area contributed by atoms with E-state index in [9.17, 15) is 23.1 Å². The molecule has 6 nitrogen and oxygen atoms in total. The lowest BCUT2D eigenvalue weighted by atomic mass is 9.67. The Morgan fingerprint density at radius 3 is 2.28 bits per heavy atom. The fraction of sp³-hybridized carbons (Fsp3) is 0.533. The van der Waals surface area contributed by atoms with Gasteiger partial charge in [-0.15, -0.1) is 0 Å². The molecular formula is C30H37Cl2NO5S. The molecule has 2 aliphatic rings. The minimum Gasteiger partial charge on any atom is -0.481 e. The molecule has 0 bridgehead atoms. The smallest absolute Gasteiger partial charge is 0.304 e. The Labute approximate surface area is 241 Å². The number of piperidine rings is 1. The van der Waals surface area contributed by atoms with Gasteiger partial charge >= 0.3 is 5.97 Å². The molecule has 2 N–H and O–H groups in total. The number of benzene rings is 2. The first-order valence-electron chi connectivity index (χ1n) is 13.7. The minimum absolute atomic E-state index is 0.0893. The largest absolute Gasteiger partial charge is 0.481 e. The molecule has 2 aromatic carbocycles. The van der Waals surface area contributed by atoms with E-state index in [1.165, 1.54) is 0 Å². The Hall–Kier alpha value is -2.09. The normalized spacial score (nSPS) is 25.2. The molecule has 2 aromatic rings. The van der Waals surface area contributed by atoms with Crippen LogP contribution >= 0.6 is 23.2 Å². The fourth-order valence-corrected chi connectivity index (χ4v) is 9.97. The third-order valence-corrected chi connectivity index (χ3v) is 12.6. The van der Waals surface area contributed by atoms with Gasteiger partial charge in [0.1, 0.15) is 4.75 Å². The van der Waals surface area contributed by atoms with Gasteiger partial charge in [-0.25, -0.2) is 8.42 Å². The van der Waals surface area contributed by atoms with E-state index >= 15 is 0 Å². The molecule has 0 aromatic heterocycles. The standard InChI is InChI=1S/C30H37Cl2NO5S/c1-4-24(5-2)39(37,38)30(20-9-10-20,21-11-13-22(31)14-12-21)17-26-25(19-7-6-8-23(32)15-19)16-29(3,18-27(34)35)28(36)33-26/h6-8,11-15,20,24-26H,4-5,9-10,16-18H2,1-3H3,(H,33,36)(H,34,35)/t25-,26+,29+,30+/m1/s1. The number of hydrogen-bond donors (Lipinski definition) is 2. The van der Waals surface area contributed by atoms with E-state index in [0.29, 0.717) is 28.5 Å². The monoisotopic (exact) mass is 593 g/mol. The number of hydrogen-bond acceptors (Lipinski definition) is 4. The average Bonchev–Trinajstić information content (AvgIpc) is 3.71. The number of nitrogens with one attached hydrogen (secondary N) is 1. The van der Waals surface area contributed by atoms with E-state index < -0.39 is 37.3 Å². The van der Waals surface area contributed by atoms with Crippen LogP contribution in [0.25, 0.3) is 0 Å². The summed E-state index contributed by atoms with van der Waals surface area (Å²) in [5.41, 5.74) is 0.399. The van der Waals surface area contributed by atoms with Crippen LogP contribution in [-0.2, 0) is 24.2 Å². The molecule has 39 heavy (non-hydrogen) atoms. The highest BCUT2D eigenvalue weighted by Gasteiger charge is 2.59. The van der Waals surface area contributed by atoms with Crippen LogP contribution in [0.4, 0.5) is 0 Å². The summed E-state index contributed by atoms with van der Waals surface area (Å²) < 4.78 is 28.1. The predicted molar refractivity (Wildman–Crippen MR) is 155 cm³/mol. The van der Waals surface area contributed by atoms with Crippen LogP contribution in [-0.4, -0.2) is 36.7 Å². The van der Waals surface area contributed by atoms with Crippen LogP contribution in [0.15, 0.2) is 48.5 Å². The number of carboxylic acids is 1. The van der Waals surface area contributed by atoms with Crippen molar-refractivity contribution in [1.82, 2.24) is 5.32 Å². The Bertz CT molecular complexity index is 1320. The highest BCUT2D eigenvalue weighted by molar-refractivity contribution is 7.93. The van der Waals surface area contributed by atoms with Crippen LogP contribution in [0.5, 0.6) is 0 Å². The molecule has 1 heterocycles. The molecule has 4 atom stereocenters. The SMILES string of the molecule is CCC(CC)S(=O)(=O)[C@](C[C@@H]1NC(=O)[C@](C)(CC(=O)O)C[C@@H]1c1cccc(Cl)c1)(c1ccc(Cl)cc1)C1CC1. The quantitative estimate of drug-likeness (QED) is 0.300. The lowest BCUT2D eigenvalue weighted by molar-refractivity contribution is -0.147. The van der Waals surface area contributed by atoms with Crippen molar-refractivity contribution in [3.63, 3.8) is 0 Å². The summed E-state index contributed by atoms with van der Waals surface area (Å²) in [6.07, 6.45) is 2.67. The number of carbonyl (C=O) groups is 2. The van der Waals surface area contributed by atoms with Crippen molar-refractivity contribution in [1.29, 1.82) is 0 Å². The molecule has 1 saturated heterocycles. The first-order valence-corrected chi connectivity index (χ1v) is 16.0. The number of carbonyl (C=O) groups excluding carboxylic acids is 1. The van der Waals surface area contributed by atoms with Crippen LogP contribution in [0.2, 0.25) is 10.0 Å². The third kappa shape index (κ3) is 5.73. The second-order valence-corrected chi connectivity index (χ2v) is 14.8. The van der Waals surface area contributed by atoms with Crippen molar-refractivity contribution in [3.05, 3.63) is 69.7 Å². The van der Waals surface area contributed by atoms with Crippen LogP contribution in [0, 0.1) is 11.3 Å². The van der Waals surface area contributed by atoms with Crippen molar-refractivity contribution >= 4 is 44.9 Å². The van der Waals surface area contributed by atoms with Crippen molar-refractivity contribution in [3.8, 4) is 0 Å². The van der Waals surface area contributed by atoms with Gasteiger partial charge in [0.15, 0.2) is 9.84 Å². The summed E-state index contributed by atoms with van der Waals surface area (Å²) in [5, 5.41) is 13.2. The fourth-order valence-electron chi connectivity index (χ4n) is 6.60. The molecular weight excluding hydrogens is 557 g/mol. The third-order valence-electron chi connectivity index (χ3n) is 8.79. The van der Waals surface area contributed by atoms with Gasteiger partial charge in [0, 0.05) is 22.0 Å². The van der Waals surface area contributed by atoms with E-state index in [-0.39, 0.29) is 37.0 Å². The van der Waals surface area contributed by atoms with Gasteiger partial charge in [-0.05, 0) is 79.8 Å². The Balaban J connectivity index is 1.88. The van der Waals surface area contributed by atoms with Gasteiger partial charge in [0.25, 0.3) is 0 Å². The zero-order valence-corrected chi connectivity index (χ0v) is 25.0. The van der Waals surface area contributed by atoms with E-state index in [2.05, 4.69) is 5.32 Å². The van der Waals surface area contributed by atoms with Crippen LogP contribution < -0.4 is 5.32 Å². The summed E-state index contributed by atoms with van der Waals surface area (Å²) in [6.45, 7) is 5.47. The number of sulfone groups is 1. The minimum atomic E-state index is -3.72. The molecule has 9 heteroatoms. The highest BCUT2D eigenvalue weighted by atomic mass is 35.5. The van der Waals surface area contributed by atoms with Gasteiger partial charge < -0.3 is 10.4 Å². The van der Waals surface area contributed by atoms with Crippen molar-refractivity contribution in [2.24, 2.45) is 11.3 Å². The Morgan fingerprint density at radius 1 is 1.10 bits per heavy atom. The van der Waals surface area contributed by atoms with Crippen molar-refractivity contribution in [2.45, 2.75) is 87.7 Å². The Morgan fingerprint density at radius 2 is 1.74 bits per heavy atom. The summed E-state index contributed by atoms with van der Waals surface area (Å²) in [7, 11) is -3.72. The van der Waals surface area contributed by atoms with Crippen molar-refractivity contribution < 1.29 is 23.1 Å².